The Morgan fingerprint density at radius 3 is 2.30 bits per heavy atom. The van der Waals surface area contributed by atoms with Crippen molar-refractivity contribution in [3.63, 3.8) is 0 Å². The summed E-state index contributed by atoms with van der Waals surface area (Å²) < 4.78 is 1.04. The molecule has 4 fully saturated rings. The molecule has 0 unspecified atom stereocenters. The highest BCUT2D eigenvalue weighted by molar-refractivity contribution is 9.10. The van der Waals surface area contributed by atoms with Crippen LogP contribution in [0.2, 0.25) is 0 Å². The fraction of sp³-hybridized carbons (Fsp3) is 0.571. The van der Waals surface area contributed by atoms with Gasteiger partial charge < -0.3 is 0 Å². The van der Waals surface area contributed by atoms with Crippen molar-refractivity contribution in [2.45, 2.75) is 44.9 Å². The van der Waals surface area contributed by atoms with Gasteiger partial charge in [0, 0.05) is 23.5 Å². The Labute approximate surface area is 172 Å². The van der Waals surface area contributed by atoms with Crippen LogP contribution >= 0.6 is 27.3 Å². The Balaban J connectivity index is 1.30. The van der Waals surface area contributed by atoms with Gasteiger partial charge in [-0.1, -0.05) is 39.4 Å². The summed E-state index contributed by atoms with van der Waals surface area (Å²) in [6.45, 7) is 0. The second-order valence-corrected chi connectivity index (χ2v) is 10.8. The maximum atomic E-state index is 13.1. The predicted molar refractivity (Wildman–Crippen MR) is 112 cm³/mol. The molecule has 0 saturated heterocycles. The number of hydrogen-bond acceptors (Lipinski definition) is 4. The number of rotatable bonds is 4. The molecule has 0 aliphatic heterocycles. The summed E-state index contributed by atoms with van der Waals surface area (Å²) in [4.78, 5) is 14.8. The quantitative estimate of drug-likeness (QED) is 0.620. The Morgan fingerprint density at radius 1 is 1.11 bits per heavy atom. The first kappa shape index (κ1) is 17.8. The van der Waals surface area contributed by atoms with E-state index < -0.39 is 0 Å². The molecule has 1 heterocycles. The van der Waals surface area contributed by atoms with E-state index in [1.165, 1.54) is 49.9 Å². The van der Waals surface area contributed by atoms with E-state index in [1.54, 1.807) is 4.90 Å². The molecule has 1 aromatic heterocycles. The van der Waals surface area contributed by atoms with E-state index in [2.05, 4.69) is 26.1 Å². The van der Waals surface area contributed by atoms with Gasteiger partial charge in [-0.25, -0.2) is 0 Å². The number of carbonyl (C=O) groups is 1. The number of halogens is 1. The van der Waals surface area contributed by atoms with Crippen LogP contribution in [0.15, 0.2) is 28.7 Å². The fourth-order valence-electron chi connectivity index (χ4n) is 6.11. The number of nitrogens with zero attached hydrogens (tertiary/aromatic N) is 3. The van der Waals surface area contributed by atoms with Crippen molar-refractivity contribution >= 4 is 38.3 Å². The van der Waals surface area contributed by atoms with Crippen LogP contribution in [-0.4, -0.2) is 23.2 Å². The number of carbonyl (C=O) groups excluding carboxylic acids is 1. The molecule has 142 valence electrons. The molecule has 2 aromatic rings. The van der Waals surface area contributed by atoms with Crippen LogP contribution in [0.5, 0.6) is 0 Å². The second kappa shape index (κ2) is 6.66. The van der Waals surface area contributed by atoms with E-state index in [9.17, 15) is 4.79 Å². The first-order valence-electron chi connectivity index (χ1n) is 9.86. The first-order chi connectivity index (χ1) is 13.0. The van der Waals surface area contributed by atoms with Crippen LogP contribution in [0.3, 0.4) is 0 Å². The summed E-state index contributed by atoms with van der Waals surface area (Å²) >= 11 is 4.94. The Bertz CT molecular complexity index is 827. The molecule has 1 aromatic carbocycles. The SMILES string of the molecule is CN(C(=O)CC12CC3CC(CC(C3)C1)C2)c1nnc(-c2ccc(Br)cc2)s1. The molecule has 0 N–H and O–H groups in total. The Kier molecular flexibility index (Phi) is 4.39. The van der Waals surface area contributed by atoms with Gasteiger partial charge >= 0.3 is 0 Å². The number of benzene rings is 1. The summed E-state index contributed by atoms with van der Waals surface area (Å²) in [5.74, 6) is 2.83. The average Bonchev–Trinajstić information content (AvgIpc) is 3.10. The fourth-order valence-corrected chi connectivity index (χ4v) is 7.21. The van der Waals surface area contributed by atoms with Gasteiger partial charge in [-0.3, -0.25) is 9.69 Å². The zero-order valence-electron chi connectivity index (χ0n) is 15.5. The van der Waals surface area contributed by atoms with Gasteiger partial charge in [0.2, 0.25) is 11.0 Å². The van der Waals surface area contributed by atoms with Crippen molar-refractivity contribution in [2.75, 3.05) is 11.9 Å². The van der Waals surface area contributed by atoms with E-state index in [1.807, 2.05) is 31.3 Å². The molecular weight excluding hydrogens is 422 g/mol. The van der Waals surface area contributed by atoms with E-state index in [-0.39, 0.29) is 11.3 Å². The van der Waals surface area contributed by atoms with E-state index >= 15 is 0 Å². The van der Waals surface area contributed by atoms with Crippen molar-refractivity contribution < 1.29 is 4.79 Å². The maximum Gasteiger partial charge on any atom is 0.229 e. The van der Waals surface area contributed by atoms with Gasteiger partial charge in [0.1, 0.15) is 5.01 Å². The van der Waals surface area contributed by atoms with Crippen LogP contribution < -0.4 is 4.90 Å². The molecule has 4 saturated carbocycles. The molecule has 0 radical (unpaired) electrons. The third-order valence-corrected chi connectivity index (χ3v) is 8.44. The molecule has 4 aliphatic rings. The Morgan fingerprint density at radius 2 is 1.70 bits per heavy atom. The molecule has 4 aliphatic carbocycles. The first-order valence-corrected chi connectivity index (χ1v) is 11.5. The van der Waals surface area contributed by atoms with Crippen LogP contribution in [-0.2, 0) is 4.79 Å². The number of hydrogen-bond donors (Lipinski definition) is 0. The van der Waals surface area contributed by atoms with Gasteiger partial charge in [0.25, 0.3) is 0 Å². The smallest absolute Gasteiger partial charge is 0.229 e. The summed E-state index contributed by atoms with van der Waals surface area (Å²) in [6.07, 6.45) is 8.71. The van der Waals surface area contributed by atoms with Crippen LogP contribution in [0, 0.1) is 23.2 Å². The van der Waals surface area contributed by atoms with E-state index in [0.717, 1.165) is 32.8 Å². The lowest BCUT2D eigenvalue weighted by molar-refractivity contribution is -0.126. The summed E-state index contributed by atoms with van der Waals surface area (Å²) in [7, 11) is 1.86. The molecule has 27 heavy (non-hydrogen) atoms. The highest BCUT2D eigenvalue weighted by atomic mass is 79.9. The van der Waals surface area contributed by atoms with Gasteiger partial charge in [-0.2, -0.15) is 0 Å². The monoisotopic (exact) mass is 445 g/mol. The third-order valence-electron chi connectivity index (χ3n) is 6.86. The normalized spacial score (nSPS) is 31.3. The van der Waals surface area contributed by atoms with Gasteiger partial charge in [-0.05, 0) is 73.8 Å². The number of aromatic nitrogens is 2. The minimum absolute atomic E-state index is 0.204. The third kappa shape index (κ3) is 3.35. The van der Waals surface area contributed by atoms with Crippen molar-refractivity contribution in [3.8, 4) is 10.6 Å². The van der Waals surface area contributed by atoms with Crippen LogP contribution in [0.1, 0.15) is 44.9 Å². The predicted octanol–water partition coefficient (Wildman–Crippen LogP) is 5.54. The number of anilines is 1. The molecule has 1 amide bonds. The van der Waals surface area contributed by atoms with Crippen molar-refractivity contribution in [2.24, 2.45) is 23.2 Å². The van der Waals surface area contributed by atoms with Crippen LogP contribution in [0.25, 0.3) is 10.6 Å². The zero-order valence-corrected chi connectivity index (χ0v) is 17.9. The Hall–Kier alpha value is -1.27. The number of amides is 1. The van der Waals surface area contributed by atoms with E-state index in [4.69, 9.17) is 0 Å². The summed E-state index contributed by atoms with van der Waals surface area (Å²) in [5.41, 5.74) is 1.29. The van der Waals surface area contributed by atoms with E-state index in [0.29, 0.717) is 11.6 Å². The topological polar surface area (TPSA) is 46.1 Å². The van der Waals surface area contributed by atoms with Gasteiger partial charge in [0.05, 0.1) is 0 Å². The minimum atomic E-state index is 0.204. The molecular formula is C21H24BrN3OS. The molecule has 0 spiro atoms. The second-order valence-electron chi connectivity index (χ2n) is 8.94. The minimum Gasteiger partial charge on any atom is -0.290 e. The standard InChI is InChI=1S/C21H24BrN3OS/c1-25(20-24-23-19(27-20)16-2-4-17(22)5-3-16)18(26)12-21-9-13-6-14(10-21)8-15(7-13)11-21/h2-5,13-15H,6-12H2,1H3. The maximum absolute atomic E-state index is 13.1. The summed E-state index contributed by atoms with van der Waals surface area (Å²) in [6, 6.07) is 8.04. The molecule has 6 rings (SSSR count). The highest BCUT2D eigenvalue weighted by Gasteiger charge is 2.51. The van der Waals surface area contributed by atoms with Crippen molar-refractivity contribution in [1.82, 2.24) is 10.2 Å². The van der Waals surface area contributed by atoms with Gasteiger partial charge in [0.15, 0.2) is 0 Å². The molecule has 4 nitrogen and oxygen atoms in total. The average molecular weight is 446 g/mol. The van der Waals surface area contributed by atoms with Gasteiger partial charge in [-0.15, -0.1) is 10.2 Å². The lowest BCUT2D eigenvalue weighted by atomic mass is 9.49. The molecule has 6 heteroatoms. The zero-order chi connectivity index (χ0) is 18.6. The molecule has 0 atom stereocenters. The lowest BCUT2D eigenvalue weighted by Crippen LogP contribution is -2.48. The summed E-state index contributed by atoms with van der Waals surface area (Å²) in [5, 5.41) is 10.1. The van der Waals surface area contributed by atoms with Crippen LogP contribution in [0.4, 0.5) is 5.13 Å². The van der Waals surface area contributed by atoms with Crippen molar-refractivity contribution in [3.05, 3.63) is 28.7 Å². The van der Waals surface area contributed by atoms with Crippen molar-refractivity contribution in [1.29, 1.82) is 0 Å². The highest BCUT2D eigenvalue weighted by Crippen LogP contribution is 2.61. The lowest BCUT2D eigenvalue weighted by Gasteiger charge is -2.56. The molecule has 4 bridgehead atoms. The largest absolute Gasteiger partial charge is 0.290 e.